The number of nitrogens with two attached hydrogens (primary N) is 1. The summed E-state index contributed by atoms with van der Waals surface area (Å²) in [5.74, 6) is 0. The number of benzene rings is 1. The number of aryl methyl sites for hydroxylation is 1. The molecule has 0 spiro atoms. The van der Waals surface area contributed by atoms with Gasteiger partial charge in [-0.25, -0.2) is 0 Å². The van der Waals surface area contributed by atoms with E-state index in [0.717, 1.165) is 17.8 Å². The SMILES string of the molecule is Cc1cc(N2CCCCC2C(C)N)c2ccccc2n1. The molecule has 3 rings (SSSR count). The molecule has 0 radical (unpaired) electrons. The lowest BCUT2D eigenvalue weighted by Crippen LogP contribution is -2.49. The lowest BCUT2D eigenvalue weighted by molar-refractivity contribution is 0.414. The van der Waals surface area contributed by atoms with E-state index in [0.29, 0.717) is 6.04 Å². The van der Waals surface area contributed by atoms with E-state index in [-0.39, 0.29) is 6.04 Å². The third-order valence-corrected chi connectivity index (χ3v) is 4.29. The van der Waals surface area contributed by atoms with Crippen LogP contribution >= 0.6 is 0 Å². The average Bonchev–Trinajstić information content (AvgIpc) is 2.46. The highest BCUT2D eigenvalue weighted by Gasteiger charge is 2.26. The Morgan fingerprint density at radius 2 is 2.10 bits per heavy atom. The second-order valence-electron chi connectivity index (χ2n) is 5.92. The van der Waals surface area contributed by atoms with Crippen LogP contribution in [0.3, 0.4) is 0 Å². The molecule has 106 valence electrons. The Morgan fingerprint density at radius 1 is 1.30 bits per heavy atom. The maximum absolute atomic E-state index is 6.22. The topological polar surface area (TPSA) is 42.1 Å². The first-order valence-corrected chi connectivity index (χ1v) is 7.55. The first-order chi connectivity index (χ1) is 9.66. The summed E-state index contributed by atoms with van der Waals surface area (Å²) < 4.78 is 0. The van der Waals surface area contributed by atoms with Gasteiger partial charge < -0.3 is 10.6 Å². The summed E-state index contributed by atoms with van der Waals surface area (Å²) in [7, 11) is 0. The second-order valence-corrected chi connectivity index (χ2v) is 5.92. The summed E-state index contributed by atoms with van der Waals surface area (Å²) in [5.41, 5.74) is 9.68. The van der Waals surface area contributed by atoms with E-state index in [9.17, 15) is 0 Å². The Morgan fingerprint density at radius 3 is 2.90 bits per heavy atom. The number of nitrogens with zero attached hydrogens (tertiary/aromatic N) is 2. The quantitative estimate of drug-likeness (QED) is 0.910. The Hall–Kier alpha value is -1.61. The molecule has 2 N–H and O–H groups in total. The van der Waals surface area contributed by atoms with Gasteiger partial charge in [0.1, 0.15) is 0 Å². The molecule has 2 aromatic rings. The first-order valence-electron chi connectivity index (χ1n) is 7.55. The van der Waals surface area contributed by atoms with Gasteiger partial charge in [0.15, 0.2) is 0 Å². The van der Waals surface area contributed by atoms with Crippen LogP contribution in [-0.4, -0.2) is 23.6 Å². The molecule has 1 aliphatic heterocycles. The highest BCUT2D eigenvalue weighted by atomic mass is 15.2. The normalized spacial score (nSPS) is 21.1. The molecule has 2 atom stereocenters. The van der Waals surface area contributed by atoms with E-state index in [1.54, 1.807) is 0 Å². The van der Waals surface area contributed by atoms with E-state index < -0.39 is 0 Å². The van der Waals surface area contributed by atoms with Crippen molar-refractivity contribution in [2.75, 3.05) is 11.4 Å². The molecule has 1 aliphatic rings. The largest absolute Gasteiger partial charge is 0.366 e. The molecule has 0 saturated carbocycles. The smallest absolute Gasteiger partial charge is 0.0726 e. The van der Waals surface area contributed by atoms with Crippen molar-refractivity contribution in [3.63, 3.8) is 0 Å². The Labute approximate surface area is 120 Å². The van der Waals surface area contributed by atoms with Gasteiger partial charge in [-0.2, -0.15) is 0 Å². The minimum atomic E-state index is 0.197. The van der Waals surface area contributed by atoms with Crippen LogP contribution < -0.4 is 10.6 Å². The van der Waals surface area contributed by atoms with Gasteiger partial charge in [-0.1, -0.05) is 18.2 Å². The van der Waals surface area contributed by atoms with Gasteiger partial charge >= 0.3 is 0 Å². The number of hydrogen-bond acceptors (Lipinski definition) is 3. The monoisotopic (exact) mass is 269 g/mol. The molecule has 0 amide bonds. The molecule has 20 heavy (non-hydrogen) atoms. The van der Waals surface area contributed by atoms with Crippen molar-refractivity contribution in [2.45, 2.75) is 45.2 Å². The highest BCUT2D eigenvalue weighted by molar-refractivity contribution is 5.92. The molecule has 1 aromatic heterocycles. The molecule has 2 unspecified atom stereocenters. The number of pyridine rings is 1. The van der Waals surface area contributed by atoms with Crippen molar-refractivity contribution >= 4 is 16.6 Å². The molecular weight excluding hydrogens is 246 g/mol. The summed E-state index contributed by atoms with van der Waals surface area (Å²) in [6.45, 7) is 5.29. The number of hydrogen-bond donors (Lipinski definition) is 1. The van der Waals surface area contributed by atoms with Crippen molar-refractivity contribution in [3.8, 4) is 0 Å². The van der Waals surface area contributed by atoms with Crippen LogP contribution in [0.15, 0.2) is 30.3 Å². The molecule has 3 heteroatoms. The minimum Gasteiger partial charge on any atom is -0.366 e. The second kappa shape index (κ2) is 5.41. The number of anilines is 1. The highest BCUT2D eigenvalue weighted by Crippen LogP contribution is 2.32. The molecular formula is C17H23N3. The van der Waals surface area contributed by atoms with E-state index in [2.05, 4.69) is 54.1 Å². The zero-order chi connectivity index (χ0) is 14.1. The maximum atomic E-state index is 6.22. The number of piperidine rings is 1. The predicted molar refractivity (Wildman–Crippen MR) is 85.1 cm³/mol. The fourth-order valence-corrected chi connectivity index (χ4v) is 3.33. The number of aromatic nitrogens is 1. The van der Waals surface area contributed by atoms with Crippen molar-refractivity contribution in [2.24, 2.45) is 5.73 Å². The van der Waals surface area contributed by atoms with Crippen molar-refractivity contribution in [1.29, 1.82) is 0 Å². The van der Waals surface area contributed by atoms with Crippen molar-refractivity contribution < 1.29 is 0 Å². The molecule has 1 fully saturated rings. The number of fused-ring (bicyclic) bond motifs is 1. The van der Waals surface area contributed by atoms with Gasteiger partial charge in [-0.05, 0) is 45.2 Å². The van der Waals surface area contributed by atoms with Gasteiger partial charge in [-0.15, -0.1) is 0 Å². The zero-order valence-electron chi connectivity index (χ0n) is 12.3. The van der Waals surface area contributed by atoms with Crippen molar-refractivity contribution in [1.82, 2.24) is 4.98 Å². The van der Waals surface area contributed by atoms with E-state index >= 15 is 0 Å². The summed E-state index contributed by atoms with van der Waals surface area (Å²) in [6.07, 6.45) is 3.72. The predicted octanol–water partition coefficient (Wildman–Crippen LogP) is 3.25. The van der Waals surface area contributed by atoms with E-state index in [1.165, 1.54) is 30.3 Å². The summed E-state index contributed by atoms with van der Waals surface area (Å²) in [5, 5.41) is 1.24. The van der Waals surface area contributed by atoms with Crippen LogP contribution in [0.25, 0.3) is 10.9 Å². The minimum absolute atomic E-state index is 0.197. The van der Waals surface area contributed by atoms with Crippen LogP contribution in [0, 0.1) is 6.92 Å². The lowest BCUT2D eigenvalue weighted by Gasteiger charge is -2.40. The van der Waals surface area contributed by atoms with Crippen LogP contribution in [0.4, 0.5) is 5.69 Å². The zero-order valence-corrected chi connectivity index (χ0v) is 12.3. The standard InChI is InChI=1S/C17H23N3/c1-12-11-17(14-7-3-4-8-15(14)19-12)20-10-6-5-9-16(20)13(2)18/h3-4,7-8,11,13,16H,5-6,9-10,18H2,1-2H3. The molecule has 0 aliphatic carbocycles. The third-order valence-electron chi connectivity index (χ3n) is 4.29. The van der Waals surface area contributed by atoms with Crippen LogP contribution in [0.2, 0.25) is 0 Å². The number of rotatable bonds is 2. The Balaban J connectivity index is 2.12. The maximum Gasteiger partial charge on any atom is 0.0726 e. The Kier molecular flexibility index (Phi) is 3.62. The van der Waals surface area contributed by atoms with Crippen LogP contribution in [-0.2, 0) is 0 Å². The average molecular weight is 269 g/mol. The van der Waals surface area contributed by atoms with Crippen LogP contribution in [0.5, 0.6) is 0 Å². The van der Waals surface area contributed by atoms with Gasteiger partial charge in [0.05, 0.1) is 5.52 Å². The summed E-state index contributed by atoms with van der Waals surface area (Å²) >= 11 is 0. The van der Waals surface area contributed by atoms with E-state index in [1.807, 2.05) is 0 Å². The van der Waals surface area contributed by atoms with Gasteiger partial charge in [-0.3, -0.25) is 4.98 Å². The molecule has 2 heterocycles. The van der Waals surface area contributed by atoms with Gasteiger partial charge in [0.2, 0.25) is 0 Å². The van der Waals surface area contributed by atoms with E-state index in [4.69, 9.17) is 5.73 Å². The number of para-hydroxylation sites is 1. The molecule has 0 bridgehead atoms. The first kappa shape index (κ1) is 13.4. The Bertz CT molecular complexity index is 606. The third kappa shape index (κ3) is 2.38. The van der Waals surface area contributed by atoms with Crippen molar-refractivity contribution in [3.05, 3.63) is 36.0 Å². The van der Waals surface area contributed by atoms with Gasteiger partial charge in [0.25, 0.3) is 0 Å². The molecule has 1 saturated heterocycles. The van der Waals surface area contributed by atoms with Gasteiger partial charge in [0, 0.05) is 35.4 Å². The molecule has 1 aromatic carbocycles. The van der Waals surface area contributed by atoms with Crippen LogP contribution in [0.1, 0.15) is 31.9 Å². The summed E-state index contributed by atoms with van der Waals surface area (Å²) in [4.78, 5) is 7.15. The lowest BCUT2D eigenvalue weighted by atomic mass is 9.95. The fourth-order valence-electron chi connectivity index (χ4n) is 3.33. The summed E-state index contributed by atoms with van der Waals surface area (Å²) in [6, 6.07) is 11.3. The fraction of sp³-hybridized carbons (Fsp3) is 0.471. The molecule has 3 nitrogen and oxygen atoms in total.